The largest absolute Gasteiger partial charge is 0.484 e. The molecule has 0 aliphatic rings. The van der Waals surface area contributed by atoms with Crippen molar-refractivity contribution in [1.29, 1.82) is 0 Å². The van der Waals surface area contributed by atoms with Gasteiger partial charge in [-0.1, -0.05) is 70.5 Å². The van der Waals surface area contributed by atoms with E-state index < -0.39 is 6.04 Å². The molecule has 1 atom stereocenters. The van der Waals surface area contributed by atoms with Crippen LogP contribution in [0.5, 0.6) is 5.75 Å². The van der Waals surface area contributed by atoms with Gasteiger partial charge in [0, 0.05) is 24.5 Å². The zero-order valence-electron chi connectivity index (χ0n) is 19.2. The van der Waals surface area contributed by atoms with Crippen LogP contribution in [-0.2, 0) is 22.6 Å². The molecule has 172 valence electrons. The lowest BCUT2D eigenvalue weighted by atomic mass is 10.0. The van der Waals surface area contributed by atoms with E-state index in [4.69, 9.17) is 4.74 Å². The fourth-order valence-electron chi connectivity index (χ4n) is 3.63. The number of carbonyl (C=O) groups excluding carboxylic acids is 2. The van der Waals surface area contributed by atoms with Crippen molar-refractivity contribution < 1.29 is 14.3 Å². The molecule has 2 amide bonds. The van der Waals surface area contributed by atoms with Crippen molar-refractivity contribution in [2.45, 2.75) is 32.9 Å². The summed E-state index contributed by atoms with van der Waals surface area (Å²) in [5, 5.41) is 2.73. The van der Waals surface area contributed by atoms with E-state index >= 15 is 0 Å². The molecule has 0 fully saturated rings. The fraction of sp³-hybridized carbons (Fsp3) is 0.259. The number of halogens is 1. The highest BCUT2D eigenvalue weighted by molar-refractivity contribution is 9.10. The summed E-state index contributed by atoms with van der Waals surface area (Å²) in [6.07, 6.45) is 0.412. The average molecular weight is 509 g/mol. The summed E-state index contributed by atoms with van der Waals surface area (Å²) in [6, 6.07) is 22.5. The SMILES string of the molecule is CNC(=O)C(Cc1ccccc1)N(Cc1ccccc1C)C(=O)COc1ccc(Br)c(C)c1. The third-order valence-electron chi connectivity index (χ3n) is 5.61. The Labute approximate surface area is 203 Å². The van der Waals surface area contributed by atoms with Crippen molar-refractivity contribution in [2.75, 3.05) is 13.7 Å². The van der Waals surface area contributed by atoms with E-state index in [0.29, 0.717) is 18.7 Å². The van der Waals surface area contributed by atoms with Gasteiger partial charge in [-0.25, -0.2) is 0 Å². The summed E-state index contributed by atoms with van der Waals surface area (Å²) in [5.74, 6) is 0.156. The number of hydrogen-bond acceptors (Lipinski definition) is 3. The zero-order chi connectivity index (χ0) is 23.8. The van der Waals surface area contributed by atoms with E-state index in [1.807, 2.05) is 86.6 Å². The van der Waals surface area contributed by atoms with Crippen LogP contribution in [0.1, 0.15) is 22.3 Å². The fourth-order valence-corrected chi connectivity index (χ4v) is 3.87. The lowest BCUT2D eigenvalue weighted by molar-refractivity contribution is -0.142. The molecule has 5 nitrogen and oxygen atoms in total. The van der Waals surface area contributed by atoms with Gasteiger partial charge in [-0.2, -0.15) is 0 Å². The number of amides is 2. The van der Waals surface area contributed by atoms with E-state index in [0.717, 1.165) is 26.7 Å². The van der Waals surface area contributed by atoms with Gasteiger partial charge in [0.1, 0.15) is 11.8 Å². The van der Waals surface area contributed by atoms with Crippen LogP contribution in [0.3, 0.4) is 0 Å². The first-order valence-electron chi connectivity index (χ1n) is 10.9. The number of nitrogens with zero attached hydrogens (tertiary/aromatic N) is 1. The van der Waals surface area contributed by atoms with Crippen LogP contribution in [0, 0.1) is 13.8 Å². The highest BCUT2D eigenvalue weighted by Crippen LogP contribution is 2.22. The van der Waals surface area contributed by atoms with Crippen molar-refractivity contribution >= 4 is 27.7 Å². The van der Waals surface area contributed by atoms with Gasteiger partial charge in [-0.05, 0) is 54.3 Å². The smallest absolute Gasteiger partial charge is 0.261 e. The van der Waals surface area contributed by atoms with Crippen LogP contribution in [0.25, 0.3) is 0 Å². The van der Waals surface area contributed by atoms with E-state index in [1.165, 1.54) is 0 Å². The van der Waals surface area contributed by atoms with Gasteiger partial charge in [-0.15, -0.1) is 0 Å². The van der Waals surface area contributed by atoms with E-state index in [-0.39, 0.29) is 18.4 Å². The van der Waals surface area contributed by atoms with Crippen LogP contribution < -0.4 is 10.1 Å². The maximum Gasteiger partial charge on any atom is 0.261 e. The average Bonchev–Trinajstić information content (AvgIpc) is 2.83. The molecule has 3 rings (SSSR count). The van der Waals surface area contributed by atoms with Crippen LogP contribution in [0.2, 0.25) is 0 Å². The quantitative estimate of drug-likeness (QED) is 0.450. The second kappa shape index (κ2) is 11.7. The van der Waals surface area contributed by atoms with Crippen molar-refractivity contribution in [3.8, 4) is 5.75 Å². The minimum absolute atomic E-state index is 0.158. The third kappa shape index (κ3) is 6.68. The molecule has 1 N–H and O–H groups in total. The number of carbonyl (C=O) groups is 2. The number of benzene rings is 3. The van der Waals surface area contributed by atoms with Crippen molar-refractivity contribution in [2.24, 2.45) is 0 Å². The minimum atomic E-state index is -0.667. The molecular weight excluding hydrogens is 480 g/mol. The summed E-state index contributed by atoms with van der Waals surface area (Å²) in [5.41, 5.74) is 4.06. The topological polar surface area (TPSA) is 58.6 Å². The second-order valence-corrected chi connectivity index (χ2v) is 8.82. The number of aryl methyl sites for hydroxylation is 2. The third-order valence-corrected chi connectivity index (χ3v) is 6.50. The van der Waals surface area contributed by atoms with Gasteiger partial charge in [0.15, 0.2) is 6.61 Å². The van der Waals surface area contributed by atoms with Crippen LogP contribution in [0.4, 0.5) is 0 Å². The standard InChI is InChI=1S/C27H29BrN2O3/c1-19-9-7-8-12-22(19)17-30(25(27(32)29-3)16-21-10-5-4-6-11-21)26(31)18-33-23-13-14-24(28)20(2)15-23/h4-15,25H,16-18H2,1-3H3,(H,29,32). The zero-order valence-corrected chi connectivity index (χ0v) is 20.8. The molecule has 0 aliphatic carbocycles. The molecule has 0 radical (unpaired) electrons. The molecule has 0 saturated heterocycles. The van der Waals surface area contributed by atoms with E-state index in [1.54, 1.807) is 11.9 Å². The lowest BCUT2D eigenvalue weighted by Gasteiger charge is -2.31. The Balaban J connectivity index is 1.88. The van der Waals surface area contributed by atoms with Crippen LogP contribution >= 0.6 is 15.9 Å². The number of nitrogens with one attached hydrogen (secondary N) is 1. The molecule has 0 aliphatic heterocycles. The van der Waals surface area contributed by atoms with E-state index in [2.05, 4.69) is 21.2 Å². The minimum Gasteiger partial charge on any atom is -0.484 e. The Kier molecular flexibility index (Phi) is 8.66. The van der Waals surface area contributed by atoms with Crippen molar-refractivity contribution in [3.05, 3.63) is 99.5 Å². The normalized spacial score (nSPS) is 11.5. The lowest BCUT2D eigenvalue weighted by Crippen LogP contribution is -2.51. The Morgan fingerprint density at radius 3 is 2.33 bits per heavy atom. The molecular formula is C27H29BrN2O3. The van der Waals surface area contributed by atoms with E-state index in [9.17, 15) is 9.59 Å². The first-order valence-corrected chi connectivity index (χ1v) is 11.7. The Hall–Kier alpha value is -3.12. The second-order valence-electron chi connectivity index (χ2n) is 7.97. The number of rotatable bonds is 9. The van der Waals surface area contributed by atoms with Gasteiger partial charge in [0.25, 0.3) is 5.91 Å². The van der Waals surface area contributed by atoms with Gasteiger partial charge >= 0.3 is 0 Å². The summed E-state index contributed by atoms with van der Waals surface area (Å²) in [6.45, 7) is 4.13. The van der Waals surface area contributed by atoms with Gasteiger partial charge in [0.05, 0.1) is 0 Å². The molecule has 0 saturated carbocycles. The summed E-state index contributed by atoms with van der Waals surface area (Å²) < 4.78 is 6.80. The molecule has 6 heteroatoms. The summed E-state index contributed by atoms with van der Waals surface area (Å²) in [4.78, 5) is 28.0. The molecule has 3 aromatic carbocycles. The maximum absolute atomic E-state index is 13.4. The van der Waals surface area contributed by atoms with Crippen molar-refractivity contribution in [3.63, 3.8) is 0 Å². The summed E-state index contributed by atoms with van der Waals surface area (Å²) >= 11 is 3.48. The Morgan fingerprint density at radius 1 is 0.970 bits per heavy atom. The van der Waals surface area contributed by atoms with Gasteiger partial charge in [-0.3, -0.25) is 9.59 Å². The number of ether oxygens (including phenoxy) is 1. The highest BCUT2D eigenvalue weighted by atomic mass is 79.9. The van der Waals surface area contributed by atoms with Gasteiger partial charge < -0.3 is 15.0 Å². The molecule has 33 heavy (non-hydrogen) atoms. The number of likely N-dealkylation sites (N-methyl/N-ethyl adjacent to an activating group) is 1. The highest BCUT2D eigenvalue weighted by Gasteiger charge is 2.30. The maximum atomic E-state index is 13.4. The molecule has 1 unspecified atom stereocenters. The Morgan fingerprint density at radius 2 is 1.67 bits per heavy atom. The van der Waals surface area contributed by atoms with Crippen LogP contribution in [-0.4, -0.2) is 36.4 Å². The molecule has 0 bridgehead atoms. The van der Waals surface area contributed by atoms with Crippen LogP contribution in [0.15, 0.2) is 77.3 Å². The predicted octanol–water partition coefficient (Wildman–Crippen LogP) is 4.83. The number of hydrogen-bond donors (Lipinski definition) is 1. The van der Waals surface area contributed by atoms with Crippen molar-refractivity contribution in [1.82, 2.24) is 10.2 Å². The monoisotopic (exact) mass is 508 g/mol. The first kappa shape index (κ1) is 24.5. The first-order chi connectivity index (χ1) is 15.9. The van der Waals surface area contributed by atoms with Gasteiger partial charge in [0.2, 0.25) is 5.91 Å². The molecule has 3 aromatic rings. The molecule has 0 spiro atoms. The Bertz CT molecular complexity index is 1100. The summed E-state index contributed by atoms with van der Waals surface area (Å²) in [7, 11) is 1.60. The molecule has 0 heterocycles. The predicted molar refractivity (Wildman–Crippen MR) is 134 cm³/mol. The molecule has 0 aromatic heterocycles.